The number of nitrogens with one attached hydrogen (secondary N) is 1. The van der Waals surface area contributed by atoms with Crippen LogP contribution in [0, 0.1) is 0 Å². The standard InChI is InChI=1S/C14H19NO3/c16-8-7-15-9-12(17)10-18-14-6-2-4-11-3-1-5-13(11)14/h1-2,4-6,12,15-17H,3,7-10H2. The summed E-state index contributed by atoms with van der Waals surface area (Å²) in [5.74, 6) is 0.822. The summed E-state index contributed by atoms with van der Waals surface area (Å²) in [6.07, 6.45) is 4.54. The van der Waals surface area contributed by atoms with Crippen LogP contribution in [0.3, 0.4) is 0 Å². The van der Waals surface area contributed by atoms with E-state index >= 15 is 0 Å². The first-order valence-electron chi connectivity index (χ1n) is 6.22. The lowest BCUT2D eigenvalue weighted by molar-refractivity contribution is 0.105. The van der Waals surface area contributed by atoms with Crippen LogP contribution in [0.25, 0.3) is 6.08 Å². The van der Waals surface area contributed by atoms with E-state index in [4.69, 9.17) is 9.84 Å². The first-order chi connectivity index (χ1) is 8.81. The second-order valence-electron chi connectivity index (χ2n) is 4.33. The zero-order valence-corrected chi connectivity index (χ0v) is 10.3. The van der Waals surface area contributed by atoms with Gasteiger partial charge in [0.2, 0.25) is 0 Å². The van der Waals surface area contributed by atoms with E-state index in [-0.39, 0.29) is 13.2 Å². The Hall–Kier alpha value is -1.36. The average molecular weight is 249 g/mol. The highest BCUT2D eigenvalue weighted by atomic mass is 16.5. The summed E-state index contributed by atoms with van der Waals surface area (Å²) in [4.78, 5) is 0. The fraction of sp³-hybridized carbons (Fsp3) is 0.429. The maximum absolute atomic E-state index is 9.70. The van der Waals surface area contributed by atoms with Crippen molar-refractivity contribution in [1.29, 1.82) is 0 Å². The minimum Gasteiger partial charge on any atom is -0.490 e. The molecule has 98 valence electrons. The summed E-state index contributed by atoms with van der Waals surface area (Å²) < 4.78 is 5.64. The SMILES string of the molecule is OCCNCC(O)COc1cccc2c1C=CC2. The quantitative estimate of drug-likeness (QED) is 0.619. The number of rotatable bonds is 7. The Balaban J connectivity index is 1.83. The van der Waals surface area contributed by atoms with Gasteiger partial charge in [-0.05, 0) is 18.1 Å². The second-order valence-corrected chi connectivity index (χ2v) is 4.33. The van der Waals surface area contributed by atoms with E-state index in [0.717, 1.165) is 17.7 Å². The number of fused-ring (bicyclic) bond motifs is 1. The Kier molecular flexibility index (Phi) is 4.75. The third-order valence-electron chi connectivity index (χ3n) is 2.88. The lowest BCUT2D eigenvalue weighted by Crippen LogP contribution is -2.33. The molecule has 0 fully saturated rings. The molecule has 18 heavy (non-hydrogen) atoms. The van der Waals surface area contributed by atoms with Crippen LogP contribution < -0.4 is 10.1 Å². The monoisotopic (exact) mass is 249 g/mol. The van der Waals surface area contributed by atoms with Gasteiger partial charge in [0.05, 0.1) is 6.61 Å². The van der Waals surface area contributed by atoms with Crippen LogP contribution >= 0.6 is 0 Å². The number of ether oxygens (including phenoxy) is 1. The Labute approximate surface area is 107 Å². The molecule has 0 spiro atoms. The van der Waals surface area contributed by atoms with E-state index in [1.165, 1.54) is 5.56 Å². The Morgan fingerprint density at radius 2 is 2.28 bits per heavy atom. The summed E-state index contributed by atoms with van der Waals surface area (Å²) in [5.41, 5.74) is 2.38. The molecule has 1 atom stereocenters. The topological polar surface area (TPSA) is 61.7 Å². The molecule has 4 nitrogen and oxygen atoms in total. The van der Waals surface area contributed by atoms with Crippen molar-refractivity contribution < 1.29 is 14.9 Å². The molecular formula is C14H19NO3. The molecule has 4 heteroatoms. The van der Waals surface area contributed by atoms with Crippen molar-refractivity contribution in [2.75, 3.05) is 26.3 Å². The van der Waals surface area contributed by atoms with Crippen molar-refractivity contribution in [2.24, 2.45) is 0 Å². The van der Waals surface area contributed by atoms with Crippen LogP contribution in [-0.2, 0) is 6.42 Å². The van der Waals surface area contributed by atoms with Gasteiger partial charge in [-0.3, -0.25) is 0 Å². The van der Waals surface area contributed by atoms with Crippen molar-refractivity contribution in [1.82, 2.24) is 5.32 Å². The molecule has 0 aliphatic heterocycles. The third-order valence-corrected chi connectivity index (χ3v) is 2.88. The minimum atomic E-state index is -0.571. The fourth-order valence-corrected chi connectivity index (χ4v) is 1.98. The number of allylic oxidation sites excluding steroid dienone is 1. The zero-order chi connectivity index (χ0) is 12.8. The lowest BCUT2D eigenvalue weighted by atomic mass is 10.1. The summed E-state index contributed by atoms with van der Waals surface area (Å²) in [6, 6.07) is 5.97. The van der Waals surface area contributed by atoms with E-state index in [1.54, 1.807) is 0 Å². The predicted molar refractivity (Wildman–Crippen MR) is 70.6 cm³/mol. The van der Waals surface area contributed by atoms with Gasteiger partial charge in [0.25, 0.3) is 0 Å². The van der Waals surface area contributed by atoms with E-state index < -0.39 is 6.10 Å². The summed E-state index contributed by atoms with van der Waals surface area (Å²) in [6.45, 7) is 1.24. The van der Waals surface area contributed by atoms with Gasteiger partial charge in [-0.25, -0.2) is 0 Å². The second kappa shape index (κ2) is 6.54. The van der Waals surface area contributed by atoms with E-state index in [1.807, 2.05) is 12.1 Å². The highest BCUT2D eigenvalue weighted by molar-refractivity contribution is 5.65. The van der Waals surface area contributed by atoms with Gasteiger partial charge >= 0.3 is 0 Å². The van der Waals surface area contributed by atoms with Gasteiger partial charge < -0.3 is 20.3 Å². The van der Waals surface area contributed by atoms with Crippen LogP contribution in [-0.4, -0.2) is 42.6 Å². The molecule has 0 saturated heterocycles. The largest absolute Gasteiger partial charge is 0.490 e. The molecule has 0 amide bonds. The number of aliphatic hydroxyl groups excluding tert-OH is 2. The van der Waals surface area contributed by atoms with Crippen molar-refractivity contribution in [3.05, 3.63) is 35.4 Å². The minimum absolute atomic E-state index is 0.0740. The van der Waals surface area contributed by atoms with Crippen molar-refractivity contribution in [3.63, 3.8) is 0 Å². The average Bonchev–Trinajstić information content (AvgIpc) is 2.85. The van der Waals surface area contributed by atoms with E-state index in [9.17, 15) is 5.11 Å². The third kappa shape index (κ3) is 3.32. The first kappa shape index (κ1) is 13.1. The molecular weight excluding hydrogens is 230 g/mol. The summed E-state index contributed by atoms with van der Waals surface area (Å²) in [5, 5.41) is 21.2. The number of hydrogen-bond donors (Lipinski definition) is 3. The van der Waals surface area contributed by atoms with Crippen LogP contribution in [0.2, 0.25) is 0 Å². The summed E-state index contributed by atoms with van der Waals surface area (Å²) in [7, 11) is 0. The van der Waals surface area contributed by atoms with Gasteiger partial charge in [0.1, 0.15) is 18.5 Å². The molecule has 1 aromatic rings. The van der Waals surface area contributed by atoms with E-state index in [0.29, 0.717) is 13.1 Å². The van der Waals surface area contributed by atoms with Crippen LogP contribution in [0.5, 0.6) is 5.75 Å². The van der Waals surface area contributed by atoms with Crippen molar-refractivity contribution >= 4 is 6.08 Å². The van der Waals surface area contributed by atoms with Crippen LogP contribution in [0.15, 0.2) is 24.3 Å². The number of benzene rings is 1. The smallest absolute Gasteiger partial charge is 0.126 e. The molecule has 0 heterocycles. The molecule has 1 aromatic carbocycles. The molecule has 1 aliphatic rings. The highest BCUT2D eigenvalue weighted by Gasteiger charge is 2.12. The van der Waals surface area contributed by atoms with E-state index in [2.05, 4.69) is 23.5 Å². The van der Waals surface area contributed by atoms with Crippen LogP contribution in [0.1, 0.15) is 11.1 Å². The van der Waals surface area contributed by atoms with Gasteiger partial charge in [-0.15, -0.1) is 0 Å². The maximum Gasteiger partial charge on any atom is 0.126 e. The van der Waals surface area contributed by atoms with Crippen molar-refractivity contribution in [2.45, 2.75) is 12.5 Å². The summed E-state index contributed by atoms with van der Waals surface area (Å²) >= 11 is 0. The normalized spacial score (nSPS) is 14.6. The van der Waals surface area contributed by atoms with Gasteiger partial charge in [-0.1, -0.05) is 24.3 Å². The maximum atomic E-state index is 9.70. The Bertz CT molecular complexity index is 418. The molecule has 1 unspecified atom stereocenters. The lowest BCUT2D eigenvalue weighted by Gasteiger charge is -2.14. The Morgan fingerprint density at radius 3 is 3.11 bits per heavy atom. The van der Waals surface area contributed by atoms with Gasteiger partial charge in [-0.2, -0.15) is 0 Å². The molecule has 2 rings (SSSR count). The van der Waals surface area contributed by atoms with Gasteiger partial charge in [0, 0.05) is 18.7 Å². The Morgan fingerprint density at radius 1 is 1.39 bits per heavy atom. The molecule has 0 bridgehead atoms. The highest BCUT2D eigenvalue weighted by Crippen LogP contribution is 2.28. The molecule has 0 saturated carbocycles. The molecule has 1 aliphatic carbocycles. The fourth-order valence-electron chi connectivity index (χ4n) is 1.98. The van der Waals surface area contributed by atoms with Crippen molar-refractivity contribution in [3.8, 4) is 5.75 Å². The number of aliphatic hydroxyl groups is 2. The molecule has 0 aromatic heterocycles. The zero-order valence-electron chi connectivity index (χ0n) is 10.3. The molecule has 0 radical (unpaired) electrons. The number of hydrogen-bond acceptors (Lipinski definition) is 4. The predicted octanol–water partition coefficient (Wildman–Crippen LogP) is 0.577. The van der Waals surface area contributed by atoms with Gasteiger partial charge in [0.15, 0.2) is 0 Å². The molecule has 3 N–H and O–H groups in total. The van der Waals surface area contributed by atoms with Crippen LogP contribution in [0.4, 0.5) is 0 Å². The first-order valence-corrected chi connectivity index (χ1v) is 6.22.